The van der Waals surface area contributed by atoms with Crippen LogP contribution in [0.1, 0.15) is 24.0 Å². The highest BCUT2D eigenvalue weighted by molar-refractivity contribution is 7.99. The number of para-hydroxylation sites is 1. The van der Waals surface area contributed by atoms with Crippen molar-refractivity contribution in [3.05, 3.63) is 77.9 Å². The average molecular weight is 440 g/mol. The molecule has 1 aromatic heterocycles. The van der Waals surface area contributed by atoms with Gasteiger partial charge in [0.15, 0.2) is 5.16 Å². The van der Waals surface area contributed by atoms with Gasteiger partial charge in [0, 0.05) is 37.6 Å². The van der Waals surface area contributed by atoms with Crippen LogP contribution in [-0.4, -0.2) is 41.0 Å². The normalized spacial score (nSPS) is 15.5. The van der Waals surface area contributed by atoms with E-state index in [0.29, 0.717) is 19.8 Å². The van der Waals surface area contributed by atoms with Crippen molar-refractivity contribution in [2.75, 3.05) is 25.5 Å². The molecular formula is C24H26FN3O2S. The number of nitrogens with one attached hydrogen (secondary N) is 1. The number of carbonyl (C=O) groups is 1. The lowest BCUT2D eigenvalue weighted by molar-refractivity contribution is -0.119. The first kappa shape index (κ1) is 21.6. The van der Waals surface area contributed by atoms with Crippen molar-refractivity contribution in [3.8, 4) is 5.69 Å². The molecule has 162 valence electrons. The molecule has 2 heterocycles. The van der Waals surface area contributed by atoms with Gasteiger partial charge in [-0.25, -0.2) is 9.37 Å². The second-order valence-electron chi connectivity index (χ2n) is 7.83. The Kier molecular flexibility index (Phi) is 6.73. The molecule has 31 heavy (non-hydrogen) atoms. The molecule has 0 radical (unpaired) electrons. The zero-order valence-corrected chi connectivity index (χ0v) is 18.3. The maximum atomic E-state index is 13.8. The summed E-state index contributed by atoms with van der Waals surface area (Å²) in [6.45, 7) is 3.73. The summed E-state index contributed by atoms with van der Waals surface area (Å²) in [7, 11) is 0. The van der Waals surface area contributed by atoms with E-state index in [9.17, 15) is 9.18 Å². The highest BCUT2D eigenvalue weighted by atomic mass is 32.2. The highest BCUT2D eigenvalue weighted by Crippen LogP contribution is 2.34. The van der Waals surface area contributed by atoms with E-state index in [1.807, 2.05) is 35.0 Å². The number of aryl methyl sites for hydroxylation is 1. The molecule has 1 fully saturated rings. The molecule has 7 heteroatoms. The standard InChI is InChI=1S/C24H26FN3O2S/c1-18-5-2-3-8-21(18)28-12-11-26-23(28)31-16-22(29)27-17-24(9-13-30-14-10-24)19-6-4-7-20(25)15-19/h2-8,11-12,15H,9-10,13-14,16-17H2,1H3,(H,27,29). The van der Waals surface area contributed by atoms with Gasteiger partial charge in [-0.05, 0) is 49.1 Å². The van der Waals surface area contributed by atoms with Crippen LogP contribution in [0.15, 0.2) is 66.1 Å². The summed E-state index contributed by atoms with van der Waals surface area (Å²) in [5.41, 5.74) is 2.80. The molecule has 0 bridgehead atoms. The summed E-state index contributed by atoms with van der Waals surface area (Å²) >= 11 is 1.40. The molecule has 1 aliphatic heterocycles. The minimum Gasteiger partial charge on any atom is -0.381 e. The van der Waals surface area contributed by atoms with Crippen molar-refractivity contribution in [1.82, 2.24) is 14.9 Å². The number of hydrogen-bond acceptors (Lipinski definition) is 4. The third-order valence-corrected chi connectivity index (χ3v) is 6.79. The van der Waals surface area contributed by atoms with E-state index in [4.69, 9.17) is 4.74 Å². The van der Waals surface area contributed by atoms with Crippen molar-refractivity contribution >= 4 is 17.7 Å². The molecule has 4 rings (SSSR count). The van der Waals surface area contributed by atoms with Crippen LogP contribution in [0.25, 0.3) is 5.69 Å². The van der Waals surface area contributed by atoms with Crippen LogP contribution in [0, 0.1) is 12.7 Å². The molecule has 0 saturated carbocycles. The Balaban J connectivity index is 1.40. The van der Waals surface area contributed by atoms with E-state index < -0.39 is 0 Å². The minimum absolute atomic E-state index is 0.0633. The van der Waals surface area contributed by atoms with E-state index in [2.05, 4.69) is 23.3 Å². The third kappa shape index (κ3) is 4.99. The fourth-order valence-electron chi connectivity index (χ4n) is 4.01. The number of ether oxygens (including phenoxy) is 1. The van der Waals surface area contributed by atoms with Crippen molar-refractivity contribution in [1.29, 1.82) is 0 Å². The Morgan fingerprint density at radius 3 is 2.81 bits per heavy atom. The third-order valence-electron chi connectivity index (χ3n) is 5.82. The predicted octanol–water partition coefficient (Wildman–Crippen LogP) is 4.28. The Morgan fingerprint density at radius 1 is 1.23 bits per heavy atom. The summed E-state index contributed by atoms with van der Waals surface area (Å²) in [4.78, 5) is 17.1. The topological polar surface area (TPSA) is 56.2 Å². The van der Waals surface area contributed by atoms with Crippen LogP contribution in [0.2, 0.25) is 0 Å². The number of nitrogens with zero attached hydrogens (tertiary/aromatic N) is 2. The number of rotatable bonds is 7. The van der Waals surface area contributed by atoms with Gasteiger partial charge in [0.1, 0.15) is 5.82 Å². The summed E-state index contributed by atoms with van der Waals surface area (Å²) in [5.74, 6) is -0.0570. The maximum absolute atomic E-state index is 13.8. The SMILES string of the molecule is Cc1ccccc1-n1ccnc1SCC(=O)NCC1(c2cccc(F)c2)CCOCC1. The number of halogens is 1. The lowest BCUT2D eigenvalue weighted by Crippen LogP contribution is -2.45. The van der Waals surface area contributed by atoms with E-state index >= 15 is 0 Å². The van der Waals surface area contributed by atoms with Crippen LogP contribution < -0.4 is 5.32 Å². The van der Waals surface area contributed by atoms with Crippen molar-refractivity contribution in [3.63, 3.8) is 0 Å². The number of imidazole rings is 1. The molecule has 1 aliphatic rings. The summed E-state index contributed by atoms with van der Waals surface area (Å²) in [5, 5.41) is 3.84. The predicted molar refractivity (Wildman–Crippen MR) is 120 cm³/mol. The molecule has 1 N–H and O–H groups in total. The molecule has 0 atom stereocenters. The fourth-order valence-corrected chi connectivity index (χ4v) is 4.81. The molecule has 5 nitrogen and oxygen atoms in total. The summed E-state index contributed by atoms with van der Waals surface area (Å²) < 4.78 is 21.4. The largest absolute Gasteiger partial charge is 0.381 e. The molecule has 3 aromatic rings. The van der Waals surface area contributed by atoms with E-state index in [1.54, 1.807) is 18.3 Å². The number of carbonyl (C=O) groups excluding carboxylic acids is 1. The van der Waals surface area contributed by atoms with Gasteiger partial charge < -0.3 is 10.1 Å². The number of hydrogen-bond donors (Lipinski definition) is 1. The monoisotopic (exact) mass is 439 g/mol. The number of benzene rings is 2. The van der Waals surface area contributed by atoms with Gasteiger partial charge in [0.05, 0.1) is 11.4 Å². The molecule has 1 amide bonds. The quantitative estimate of drug-likeness (QED) is 0.559. The number of aromatic nitrogens is 2. The second-order valence-corrected chi connectivity index (χ2v) is 8.78. The van der Waals surface area contributed by atoms with Gasteiger partial charge >= 0.3 is 0 Å². The maximum Gasteiger partial charge on any atom is 0.230 e. The van der Waals surface area contributed by atoms with Crippen LogP contribution in [0.4, 0.5) is 4.39 Å². The second kappa shape index (κ2) is 9.66. The average Bonchev–Trinajstić information content (AvgIpc) is 3.25. The lowest BCUT2D eigenvalue weighted by Gasteiger charge is -2.38. The van der Waals surface area contributed by atoms with Crippen molar-refractivity contribution in [2.45, 2.75) is 30.3 Å². The van der Waals surface area contributed by atoms with E-state index in [-0.39, 0.29) is 22.9 Å². The fraction of sp³-hybridized carbons (Fsp3) is 0.333. The first-order valence-electron chi connectivity index (χ1n) is 10.4. The Labute approximate surface area is 186 Å². The summed E-state index contributed by atoms with van der Waals surface area (Å²) in [6.07, 6.45) is 5.15. The molecule has 0 aliphatic carbocycles. The molecule has 2 aromatic carbocycles. The minimum atomic E-state index is -0.305. The van der Waals surface area contributed by atoms with Crippen LogP contribution >= 0.6 is 11.8 Å². The molecule has 0 spiro atoms. The Bertz CT molecular complexity index is 1050. The van der Waals surface area contributed by atoms with Crippen LogP contribution in [-0.2, 0) is 14.9 Å². The molecule has 1 saturated heterocycles. The number of thioether (sulfide) groups is 1. The first-order chi connectivity index (χ1) is 15.1. The van der Waals surface area contributed by atoms with Gasteiger partial charge in [0.2, 0.25) is 5.91 Å². The van der Waals surface area contributed by atoms with E-state index in [0.717, 1.165) is 34.8 Å². The highest BCUT2D eigenvalue weighted by Gasteiger charge is 2.35. The van der Waals surface area contributed by atoms with Gasteiger partial charge in [-0.3, -0.25) is 9.36 Å². The zero-order chi connectivity index (χ0) is 21.7. The Morgan fingerprint density at radius 2 is 2.03 bits per heavy atom. The van der Waals surface area contributed by atoms with Gasteiger partial charge in [-0.2, -0.15) is 0 Å². The molecule has 0 unspecified atom stereocenters. The molecular weight excluding hydrogens is 413 g/mol. The number of amides is 1. The van der Waals surface area contributed by atoms with Crippen molar-refractivity contribution in [2.24, 2.45) is 0 Å². The van der Waals surface area contributed by atoms with Crippen LogP contribution in [0.3, 0.4) is 0 Å². The Hall–Kier alpha value is -2.64. The zero-order valence-electron chi connectivity index (χ0n) is 17.5. The van der Waals surface area contributed by atoms with E-state index in [1.165, 1.54) is 17.8 Å². The van der Waals surface area contributed by atoms with Gasteiger partial charge in [0.25, 0.3) is 0 Å². The van der Waals surface area contributed by atoms with Gasteiger partial charge in [-0.15, -0.1) is 0 Å². The smallest absolute Gasteiger partial charge is 0.230 e. The lowest BCUT2D eigenvalue weighted by atomic mass is 9.74. The van der Waals surface area contributed by atoms with Crippen LogP contribution in [0.5, 0.6) is 0 Å². The van der Waals surface area contributed by atoms with Crippen molar-refractivity contribution < 1.29 is 13.9 Å². The first-order valence-corrected chi connectivity index (χ1v) is 11.4. The summed E-state index contributed by atoms with van der Waals surface area (Å²) in [6, 6.07) is 14.8. The van der Waals surface area contributed by atoms with Gasteiger partial charge in [-0.1, -0.05) is 42.1 Å².